The molecule has 0 amide bonds. The molecule has 0 aromatic carbocycles. The van der Waals surface area contributed by atoms with Crippen LogP contribution in [0.4, 0.5) is 0 Å². The SMILES string of the molecule is CCCCCCC/C=C\C/C=C\C/C=C\CCCCCCCCCCCCCCCCC(=O)OC(COC(=O)CCCCCCCCCCCCCC/C=C\C/C=C\C/C=C\CCCCCCC)COP(=O)([O-])OCC[N+](C)(C)C. The highest BCUT2D eigenvalue weighted by molar-refractivity contribution is 7.45. The van der Waals surface area contributed by atoms with Gasteiger partial charge in [0.1, 0.15) is 19.8 Å². The van der Waals surface area contributed by atoms with Crippen LogP contribution in [0.3, 0.4) is 0 Å². The molecule has 2 atom stereocenters. The lowest BCUT2D eigenvalue weighted by Crippen LogP contribution is -2.37. The van der Waals surface area contributed by atoms with Crippen LogP contribution in [0.25, 0.3) is 0 Å². The first-order chi connectivity index (χ1) is 39.0. The highest BCUT2D eigenvalue weighted by atomic mass is 31.2. The lowest BCUT2D eigenvalue weighted by Gasteiger charge is -2.28. The molecule has 0 saturated carbocycles. The zero-order valence-electron chi connectivity index (χ0n) is 53.0. The fourth-order valence-corrected chi connectivity index (χ4v) is 10.2. The number of unbranched alkanes of at least 4 members (excludes halogenated alkanes) is 36. The molecule has 0 aliphatic heterocycles. The van der Waals surface area contributed by atoms with Crippen LogP contribution in [0.1, 0.15) is 309 Å². The van der Waals surface area contributed by atoms with Gasteiger partial charge in [-0.1, -0.05) is 279 Å². The van der Waals surface area contributed by atoms with Gasteiger partial charge < -0.3 is 27.9 Å². The molecule has 0 saturated heterocycles. The monoisotopic (exact) mass is 1140 g/mol. The van der Waals surface area contributed by atoms with E-state index in [1.165, 1.54) is 212 Å². The Morgan fingerprint density at radius 3 is 1.00 bits per heavy atom. The summed E-state index contributed by atoms with van der Waals surface area (Å²) in [7, 11) is 1.17. The fourth-order valence-electron chi connectivity index (χ4n) is 9.50. The second-order valence-electron chi connectivity index (χ2n) is 23.8. The number of allylic oxidation sites excluding steroid dienone is 12. The van der Waals surface area contributed by atoms with E-state index in [4.69, 9.17) is 18.5 Å². The van der Waals surface area contributed by atoms with Crippen LogP contribution in [0.5, 0.6) is 0 Å². The normalized spacial score (nSPS) is 13.6. The van der Waals surface area contributed by atoms with E-state index in [0.29, 0.717) is 17.4 Å². The van der Waals surface area contributed by atoms with E-state index in [-0.39, 0.29) is 32.0 Å². The van der Waals surface area contributed by atoms with Gasteiger partial charge >= 0.3 is 11.9 Å². The Morgan fingerprint density at radius 1 is 0.388 bits per heavy atom. The Hall–Kier alpha value is -2.55. The summed E-state index contributed by atoms with van der Waals surface area (Å²) in [5.74, 6) is -0.827. The van der Waals surface area contributed by atoms with Crippen LogP contribution in [-0.2, 0) is 32.7 Å². The van der Waals surface area contributed by atoms with Crippen LogP contribution < -0.4 is 4.89 Å². The summed E-state index contributed by atoms with van der Waals surface area (Å²) >= 11 is 0. The number of quaternary nitrogens is 1. The number of carbonyl (C=O) groups is 2. The molecule has 9 nitrogen and oxygen atoms in total. The van der Waals surface area contributed by atoms with Gasteiger partial charge in [-0.25, -0.2) is 0 Å². The topological polar surface area (TPSA) is 111 Å². The number of ether oxygens (including phenoxy) is 2. The number of likely N-dealkylation sites (N-methyl/N-ethyl adjacent to an activating group) is 1. The van der Waals surface area contributed by atoms with Gasteiger partial charge in [-0.15, -0.1) is 0 Å². The predicted octanol–water partition coefficient (Wildman–Crippen LogP) is 21.0. The van der Waals surface area contributed by atoms with Crippen molar-refractivity contribution in [3.05, 3.63) is 72.9 Å². The van der Waals surface area contributed by atoms with Gasteiger partial charge in [0.2, 0.25) is 0 Å². The summed E-state index contributed by atoms with van der Waals surface area (Å²) in [6.45, 7) is 4.25. The van der Waals surface area contributed by atoms with Gasteiger partial charge in [0, 0.05) is 12.8 Å². The molecule has 0 fully saturated rings. The second kappa shape index (κ2) is 61.0. The molecule has 0 heterocycles. The highest BCUT2D eigenvalue weighted by Crippen LogP contribution is 2.38. The van der Waals surface area contributed by atoms with E-state index >= 15 is 0 Å². The molecule has 0 aromatic heterocycles. The summed E-state index contributed by atoms with van der Waals surface area (Å²) in [5.41, 5.74) is 0. The number of rotatable bonds is 62. The van der Waals surface area contributed by atoms with Crippen LogP contribution in [-0.4, -0.2) is 70.0 Å². The number of phosphoric ester groups is 1. The molecule has 80 heavy (non-hydrogen) atoms. The Morgan fingerprint density at radius 2 is 0.675 bits per heavy atom. The van der Waals surface area contributed by atoms with Crippen molar-refractivity contribution in [3.63, 3.8) is 0 Å². The maximum absolute atomic E-state index is 12.9. The Kier molecular flexibility index (Phi) is 59.1. The van der Waals surface area contributed by atoms with Crippen molar-refractivity contribution in [1.82, 2.24) is 0 Å². The average molecular weight is 1140 g/mol. The number of esters is 2. The number of phosphoric acid groups is 1. The number of nitrogens with zero attached hydrogens (tertiary/aromatic N) is 1. The molecule has 0 aliphatic rings. The molecule has 466 valence electrons. The summed E-state index contributed by atoms with van der Waals surface area (Å²) in [6.07, 6.45) is 81.1. The number of carbonyl (C=O) groups excluding carboxylic acids is 2. The van der Waals surface area contributed by atoms with E-state index in [9.17, 15) is 19.0 Å². The Labute approximate surface area is 495 Å². The largest absolute Gasteiger partial charge is 0.756 e. The molecule has 0 N–H and O–H groups in total. The zero-order valence-corrected chi connectivity index (χ0v) is 53.9. The summed E-state index contributed by atoms with van der Waals surface area (Å²) in [5, 5.41) is 0. The smallest absolute Gasteiger partial charge is 0.306 e. The Bertz CT molecular complexity index is 1580. The lowest BCUT2D eigenvalue weighted by atomic mass is 10.0. The minimum absolute atomic E-state index is 0.0326. The maximum Gasteiger partial charge on any atom is 0.306 e. The first-order valence-corrected chi connectivity index (χ1v) is 35.1. The predicted molar refractivity (Wildman–Crippen MR) is 342 cm³/mol. The first-order valence-electron chi connectivity index (χ1n) is 33.6. The maximum atomic E-state index is 12.9. The molecule has 2 unspecified atom stereocenters. The number of hydrogen-bond acceptors (Lipinski definition) is 8. The van der Waals surface area contributed by atoms with Gasteiger partial charge in [0.05, 0.1) is 27.7 Å². The third kappa shape index (κ3) is 64.6. The van der Waals surface area contributed by atoms with Crippen molar-refractivity contribution in [1.29, 1.82) is 0 Å². The average Bonchev–Trinajstić information content (AvgIpc) is 3.42. The molecule has 0 aliphatic carbocycles. The molecular weight excluding hydrogens is 1010 g/mol. The fraction of sp³-hybridized carbons (Fsp3) is 0.800. The van der Waals surface area contributed by atoms with Gasteiger partial charge in [-0.3, -0.25) is 14.2 Å². The number of hydrogen-bond donors (Lipinski definition) is 0. The van der Waals surface area contributed by atoms with E-state index in [0.717, 1.165) is 64.2 Å². The van der Waals surface area contributed by atoms with Crippen molar-refractivity contribution >= 4 is 19.8 Å². The van der Waals surface area contributed by atoms with Crippen molar-refractivity contribution in [2.75, 3.05) is 47.5 Å². The van der Waals surface area contributed by atoms with Gasteiger partial charge in [0.15, 0.2) is 6.10 Å². The standard InChI is InChI=1S/C70H128NO8P/c1-6-8-10-12-14-16-18-20-22-24-26-28-30-32-34-35-37-39-41-43-45-47-49-51-53-55-57-59-61-63-70(73)79-68(67-78-80(74,75)77-65-64-71(3,4)5)66-76-69(72)62-60-58-56-54-52-50-48-46-44-42-40-38-36-33-31-29-27-25-23-21-19-17-15-13-11-9-7-2/h18-21,24-27,30-33,68H,6-17,22-23,28-29,34-67H2,1-5H3/b20-18-,21-19-,26-24-,27-25-,32-30-,33-31-. The highest BCUT2D eigenvalue weighted by Gasteiger charge is 2.22. The lowest BCUT2D eigenvalue weighted by molar-refractivity contribution is -0.870. The third-order valence-corrected chi connectivity index (χ3v) is 15.7. The third-order valence-electron chi connectivity index (χ3n) is 14.7. The van der Waals surface area contributed by atoms with E-state index in [2.05, 4.69) is 86.8 Å². The van der Waals surface area contributed by atoms with Gasteiger partial charge in [-0.2, -0.15) is 0 Å². The summed E-state index contributed by atoms with van der Waals surface area (Å²) < 4.78 is 34.3. The Balaban J connectivity index is 4.08. The minimum Gasteiger partial charge on any atom is -0.756 e. The molecule has 10 heteroatoms. The van der Waals surface area contributed by atoms with Crippen LogP contribution in [0, 0.1) is 0 Å². The van der Waals surface area contributed by atoms with Gasteiger partial charge in [-0.05, 0) is 89.9 Å². The molecule has 0 bridgehead atoms. The van der Waals surface area contributed by atoms with Crippen LogP contribution >= 0.6 is 7.82 Å². The summed E-state index contributed by atoms with van der Waals surface area (Å²) in [6, 6.07) is 0. The molecular formula is C70H128NO8P. The summed E-state index contributed by atoms with van der Waals surface area (Å²) in [4.78, 5) is 38.0. The second-order valence-corrected chi connectivity index (χ2v) is 25.2. The quantitative estimate of drug-likeness (QED) is 0.0195. The van der Waals surface area contributed by atoms with Crippen molar-refractivity contribution in [3.8, 4) is 0 Å². The minimum atomic E-state index is -4.64. The van der Waals surface area contributed by atoms with Crippen molar-refractivity contribution in [2.45, 2.75) is 315 Å². The van der Waals surface area contributed by atoms with E-state index in [1.54, 1.807) is 0 Å². The van der Waals surface area contributed by atoms with Crippen LogP contribution in [0.2, 0.25) is 0 Å². The van der Waals surface area contributed by atoms with Crippen molar-refractivity contribution < 1.29 is 42.1 Å². The van der Waals surface area contributed by atoms with Crippen LogP contribution in [0.15, 0.2) is 72.9 Å². The zero-order chi connectivity index (χ0) is 58.4. The molecule has 0 radical (unpaired) electrons. The van der Waals surface area contributed by atoms with E-state index < -0.39 is 26.5 Å². The van der Waals surface area contributed by atoms with Gasteiger partial charge in [0.25, 0.3) is 7.82 Å². The molecule has 0 spiro atoms. The van der Waals surface area contributed by atoms with E-state index in [1.807, 2.05) is 21.1 Å². The molecule has 0 aromatic rings. The molecule has 0 rings (SSSR count). The first kappa shape index (κ1) is 77.5. The van der Waals surface area contributed by atoms with Crippen molar-refractivity contribution in [2.24, 2.45) is 0 Å².